The lowest BCUT2D eigenvalue weighted by atomic mass is 10.2. The molecule has 3 N–H and O–H groups in total. The summed E-state index contributed by atoms with van der Waals surface area (Å²) in [5, 5.41) is 10.8. The van der Waals surface area contributed by atoms with Crippen molar-refractivity contribution in [1.29, 1.82) is 0 Å². The van der Waals surface area contributed by atoms with Crippen molar-refractivity contribution in [3.05, 3.63) is 46.8 Å². The molecule has 2 heterocycles. The van der Waals surface area contributed by atoms with Gasteiger partial charge in [0.2, 0.25) is 0 Å². The van der Waals surface area contributed by atoms with E-state index in [9.17, 15) is 10.1 Å². The third-order valence-electron chi connectivity index (χ3n) is 2.78. The maximum atomic E-state index is 10.8. The number of nitro groups is 1. The van der Waals surface area contributed by atoms with Crippen LogP contribution in [0.15, 0.2) is 36.7 Å². The summed E-state index contributed by atoms with van der Waals surface area (Å²) >= 11 is 0. The molecule has 2 aromatic heterocycles. The molecule has 0 fully saturated rings. The Kier molecular flexibility index (Phi) is 2.38. The Hall–Kier alpha value is -2.96. The minimum Gasteiger partial charge on any atom is -0.393 e. The zero-order valence-electron chi connectivity index (χ0n) is 9.70. The number of aromatic nitrogens is 3. The average Bonchev–Trinajstić information content (AvgIpc) is 2.81. The van der Waals surface area contributed by atoms with Crippen LogP contribution in [-0.2, 0) is 0 Å². The lowest BCUT2D eigenvalue weighted by molar-refractivity contribution is -0.383. The number of anilines is 1. The number of benzene rings is 1. The number of H-pyrrole nitrogens is 1. The van der Waals surface area contributed by atoms with Gasteiger partial charge >= 0.3 is 0 Å². The molecule has 0 atom stereocenters. The Morgan fingerprint density at radius 2 is 2.00 bits per heavy atom. The lowest BCUT2D eigenvalue weighted by Gasteiger charge is -1.95. The fourth-order valence-electron chi connectivity index (χ4n) is 1.87. The summed E-state index contributed by atoms with van der Waals surface area (Å²) in [6.07, 6.45) is 3.30. The molecular formula is C12H9N5O2. The zero-order valence-corrected chi connectivity index (χ0v) is 9.70. The number of rotatable bonds is 2. The van der Waals surface area contributed by atoms with Crippen LogP contribution in [0, 0.1) is 10.1 Å². The van der Waals surface area contributed by atoms with Gasteiger partial charge < -0.3 is 10.7 Å². The minimum atomic E-state index is -0.512. The summed E-state index contributed by atoms with van der Waals surface area (Å²) in [5.74, 6) is 0.622. The van der Waals surface area contributed by atoms with E-state index in [2.05, 4.69) is 15.0 Å². The van der Waals surface area contributed by atoms with Gasteiger partial charge in [-0.15, -0.1) is 0 Å². The average molecular weight is 255 g/mol. The van der Waals surface area contributed by atoms with Gasteiger partial charge in [-0.2, -0.15) is 0 Å². The van der Waals surface area contributed by atoms with Gasteiger partial charge in [0.1, 0.15) is 11.5 Å². The lowest BCUT2D eigenvalue weighted by Crippen LogP contribution is -1.95. The summed E-state index contributed by atoms with van der Waals surface area (Å²) in [5.41, 5.74) is 7.63. The van der Waals surface area contributed by atoms with E-state index in [0.717, 1.165) is 5.56 Å². The highest BCUT2D eigenvalue weighted by atomic mass is 16.6. The summed E-state index contributed by atoms with van der Waals surface area (Å²) < 4.78 is 0. The Morgan fingerprint density at radius 3 is 2.68 bits per heavy atom. The molecule has 0 aliphatic carbocycles. The Morgan fingerprint density at radius 1 is 1.26 bits per heavy atom. The minimum absolute atomic E-state index is 0.102. The van der Waals surface area contributed by atoms with E-state index < -0.39 is 4.92 Å². The van der Waals surface area contributed by atoms with Gasteiger partial charge in [0.15, 0.2) is 0 Å². The summed E-state index contributed by atoms with van der Waals surface area (Å²) in [7, 11) is 0. The number of imidazole rings is 1. The molecule has 7 nitrogen and oxygen atoms in total. The molecule has 0 aliphatic heterocycles. The maximum Gasteiger partial charge on any atom is 0.294 e. The molecule has 3 aromatic rings. The monoisotopic (exact) mass is 255 g/mol. The van der Waals surface area contributed by atoms with Gasteiger partial charge in [0.25, 0.3) is 5.69 Å². The molecule has 1 aromatic carbocycles. The third kappa shape index (κ3) is 1.86. The highest BCUT2D eigenvalue weighted by Crippen LogP contribution is 2.28. The van der Waals surface area contributed by atoms with E-state index in [1.54, 1.807) is 24.5 Å². The van der Waals surface area contributed by atoms with Crippen molar-refractivity contribution in [3.63, 3.8) is 0 Å². The van der Waals surface area contributed by atoms with E-state index in [1.165, 1.54) is 12.1 Å². The number of hydrogen-bond acceptors (Lipinski definition) is 5. The van der Waals surface area contributed by atoms with Gasteiger partial charge in [-0.3, -0.25) is 15.1 Å². The van der Waals surface area contributed by atoms with Gasteiger partial charge in [0.05, 0.1) is 16.0 Å². The second-order valence-corrected chi connectivity index (χ2v) is 4.01. The number of nitrogen functional groups attached to an aromatic ring is 1. The first kappa shape index (κ1) is 11.1. The van der Waals surface area contributed by atoms with Crippen molar-refractivity contribution in [1.82, 2.24) is 15.0 Å². The number of nitrogens with one attached hydrogen (secondary N) is 1. The van der Waals surface area contributed by atoms with Crippen molar-refractivity contribution >= 4 is 22.4 Å². The molecule has 0 bridgehead atoms. The second kappa shape index (κ2) is 4.05. The van der Waals surface area contributed by atoms with E-state index in [4.69, 9.17) is 5.73 Å². The summed E-state index contributed by atoms with van der Waals surface area (Å²) in [6, 6.07) is 6.49. The SMILES string of the molecule is Nc1cc2nc(-c3ccncc3)[nH]c2cc1[N+](=O)[O-]. The van der Waals surface area contributed by atoms with Crippen LogP contribution in [-0.4, -0.2) is 19.9 Å². The molecular weight excluding hydrogens is 246 g/mol. The van der Waals surface area contributed by atoms with Crippen LogP contribution in [0.1, 0.15) is 0 Å². The van der Waals surface area contributed by atoms with Crippen LogP contribution in [0.25, 0.3) is 22.4 Å². The quantitative estimate of drug-likeness (QED) is 0.414. The van der Waals surface area contributed by atoms with E-state index in [0.29, 0.717) is 16.9 Å². The van der Waals surface area contributed by atoms with E-state index in [-0.39, 0.29) is 11.4 Å². The van der Waals surface area contributed by atoms with Gasteiger partial charge in [-0.1, -0.05) is 0 Å². The van der Waals surface area contributed by atoms with E-state index >= 15 is 0 Å². The maximum absolute atomic E-state index is 10.8. The molecule has 19 heavy (non-hydrogen) atoms. The van der Waals surface area contributed by atoms with Gasteiger partial charge in [-0.25, -0.2) is 4.98 Å². The van der Waals surface area contributed by atoms with Gasteiger partial charge in [-0.05, 0) is 18.2 Å². The van der Waals surface area contributed by atoms with Crippen LogP contribution in [0.5, 0.6) is 0 Å². The number of nitrogens with two attached hydrogens (primary N) is 1. The molecule has 0 saturated carbocycles. The molecule has 0 radical (unpaired) electrons. The first-order chi connectivity index (χ1) is 9.15. The number of hydrogen-bond donors (Lipinski definition) is 2. The molecule has 0 aliphatic rings. The van der Waals surface area contributed by atoms with Crippen molar-refractivity contribution in [2.24, 2.45) is 0 Å². The topological polar surface area (TPSA) is 111 Å². The molecule has 0 saturated heterocycles. The molecule has 3 rings (SSSR count). The molecule has 7 heteroatoms. The van der Waals surface area contributed by atoms with Crippen molar-refractivity contribution in [2.75, 3.05) is 5.73 Å². The predicted octanol–water partition coefficient (Wildman–Crippen LogP) is 2.12. The number of pyridine rings is 1. The van der Waals surface area contributed by atoms with Crippen LogP contribution in [0.2, 0.25) is 0 Å². The Bertz CT molecular complexity index is 766. The first-order valence-electron chi connectivity index (χ1n) is 5.49. The number of nitro benzene ring substituents is 1. The van der Waals surface area contributed by atoms with Crippen molar-refractivity contribution in [2.45, 2.75) is 0 Å². The fourth-order valence-corrected chi connectivity index (χ4v) is 1.87. The van der Waals surface area contributed by atoms with E-state index in [1.807, 2.05) is 0 Å². The molecule has 94 valence electrons. The predicted molar refractivity (Wildman–Crippen MR) is 70.4 cm³/mol. The third-order valence-corrected chi connectivity index (χ3v) is 2.78. The van der Waals surface area contributed by atoms with Gasteiger partial charge in [0, 0.05) is 24.0 Å². The smallest absolute Gasteiger partial charge is 0.294 e. The van der Waals surface area contributed by atoms with Crippen molar-refractivity contribution in [3.8, 4) is 11.4 Å². The molecule has 0 amide bonds. The molecule has 0 spiro atoms. The summed E-state index contributed by atoms with van der Waals surface area (Å²) in [4.78, 5) is 21.6. The largest absolute Gasteiger partial charge is 0.393 e. The second-order valence-electron chi connectivity index (χ2n) is 4.01. The van der Waals surface area contributed by atoms with Crippen LogP contribution < -0.4 is 5.73 Å². The summed E-state index contributed by atoms with van der Waals surface area (Å²) in [6.45, 7) is 0. The van der Waals surface area contributed by atoms with Crippen LogP contribution >= 0.6 is 0 Å². The Labute approximate surface area is 107 Å². The zero-order chi connectivity index (χ0) is 13.4. The highest BCUT2D eigenvalue weighted by Gasteiger charge is 2.15. The van der Waals surface area contributed by atoms with Crippen LogP contribution in [0.4, 0.5) is 11.4 Å². The highest BCUT2D eigenvalue weighted by molar-refractivity contribution is 5.86. The fraction of sp³-hybridized carbons (Fsp3) is 0. The number of nitrogens with zero attached hydrogens (tertiary/aromatic N) is 3. The number of fused-ring (bicyclic) bond motifs is 1. The van der Waals surface area contributed by atoms with Crippen LogP contribution in [0.3, 0.4) is 0 Å². The van der Waals surface area contributed by atoms with Crippen molar-refractivity contribution < 1.29 is 4.92 Å². The normalized spacial score (nSPS) is 10.7. The Balaban J connectivity index is 2.19. The first-order valence-corrected chi connectivity index (χ1v) is 5.49. The number of aromatic amines is 1. The standard InChI is InChI=1S/C12H9N5O2/c13-8-5-9-10(6-11(8)17(18)19)16-12(15-9)7-1-3-14-4-2-7/h1-6H,13H2,(H,15,16). The molecule has 0 unspecified atom stereocenters.